The molecule has 0 aliphatic rings. The van der Waals surface area contributed by atoms with Gasteiger partial charge < -0.3 is 4.57 Å². The predicted molar refractivity (Wildman–Crippen MR) is 75.2 cm³/mol. The lowest BCUT2D eigenvalue weighted by atomic mass is 9.99. The van der Waals surface area contributed by atoms with Gasteiger partial charge in [0.15, 0.2) is 5.78 Å². The van der Waals surface area contributed by atoms with Gasteiger partial charge >= 0.3 is 0 Å². The molecule has 0 N–H and O–H groups in total. The number of fused-ring (bicyclic) bond motifs is 1. The number of imidazole rings is 1. The SMILES string of the molecule is Cc1ccc2cccc(C(=O)Cn3ccnc3)c2c1. The summed E-state index contributed by atoms with van der Waals surface area (Å²) in [6.07, 6.45) is 5.14. The van der Waals surface area contributed by atoms with E-state index in [-0.39, 0.29) is 5.78 Å². The molecule has 94 valence electrons. The van der Waals surface area contributed by atoms with Gasteiger partial charge in [0.25, 0.3) is 0 Å². The summed E-state index contributed by atoms with van der Waals surface area (Å²) in [6, 6.07) is 12.0. The minimum absolute atomic E-state index is 0.106. The number of carbonyl (C=O) groups excluding carboxylic acids is 1. The fourth-order valence-corrected chi connectivity index (χ4v) is 2.26. The van der Waals surface area contributed by atoms with Crippen LogP contribution in [0, 0.1) is 6.92 Å². The number of ketones is 1. The lowest BCUT2D eigenvalue weighted by molar-refractivity contribution is 0.0973. The van der Waals surface area contributed by atoms with Crippen LogP contribution in [0.5, 0.6) is 0 Å². The third-order valence-corrected chi connectivity index (χ3v) is 3.22. The molecule has 3 nitrogen and oxygen atoms in total. The van der Waals surface area contributed by atoms with Crippen molar-refractivity contribution in [3.8, 4) is 0 Å². The molecule has 1 aromatic heterocycles. The lowest BCUT2D eigenvalue weighted by Crippen LogP contribution is -2.09. The maximum absolute atomic E-state index is 12.4. The Morgan fingerprint density at radius 1 is 1.26 bits per heavy atom. The van der Waals surface area contributed by atoms with E-state index in [1.54, 1.807) is 23.3 Å². The van der Waals surface area contributed by atoms with E-state index in [0.717, 1.165) is 21.9 Å². The van der Waals surface area contributed by atoms with Crippen molar-refractivity contribution < 1.29 is 4.79 Å². The summed E-state index contributed by atoms with van der Waals surface area (Å²) in [5.41, 5.74) is 1.94. The summed E-state index contributed by atoms with van der Waals surface area (Å²) in [6.45, 7) is 2.36. The molecule has 1 heterocycles. The van der Waals surface area contributed by atoms with Gasteiger partial charge in [0.2, 0.25) is 0 Å². The standard InChI is InChI=1S/C16H14N2O/c1-12-5-6-13-3-2-4-14(15(13)9-12)16(19)10-18-8-7-17-11-18/h2-9,11H,10H2,1H3. The van der Waals surface area contributed by atoms with Gasteiger partial charge in [-0.05, 0) is 17.7 Å². The van der Waals surface area contributed by atoms with E-state index in [1.807, 2.05) is 25.1 Å². The fraction of sp³-hybridized carbons (Fsp3) is 0.125. The minimum Gasteiger partial charge on any atom is -0.330 e. The van der Waals surface area contributed by atoms with Crippen LogP contribution in [0.15, 0.2) is 55.1 Å². The van der Waals surface area contributed by atoms with Crippen LogP contribution in [0.3, 0.4) is 0 Å². The smallest absolute Gasteiger partial charge is 0.183 e. The van der Waals surface area contributed by atoms with Crippen LogP contribution in [0.1, 0.15) is 15.9 Å². The number of hydrogen-bond donors (Lipinski definition) is 0. The Morgan fingerprint density at radius 3 is 2.95 bits per heavy atom. The highest BCUT2D eigenvalue weighted by molar-refractivity contribution is 6.08. The molecular formula is C16H14N2O. The average Bonchev–Trinajstić information content (AvgIpc) is 2.90. The first-order valence-electron chi connectivity index (χ1n) is 6.22. The Kier molecular flexibility index (Phi) is 2.88. The number of Topliss-reactive ketones (excluding diaryl/α,β-unsaturated/α-hetero) is 1. The normalized spacial score (nSPS) is 10.8. The van der Waals surface area contributed by atoms with Crippen LogP contribution in [0.25, 0.3) is 10.8 Å². The molecule has 3 rings (SSSR count). The molecule has 0 radical (unpaired) electrons. The quantitative estimate of drug-likeness (QED) is 0.669. The van der Waals surface area contributed by atoms with Gasteiger partial charge in [-0.2, -0.15) is 0 Å². The first kappa shape index (κ1) is 11.7. The van der Waals surface area contributed by atoms with E-state index >= 15 is 0 Å². The van der Waals surface area contributed by atoms with E-state index < -0.39 is 0 Å². The van der Waals surface area contributed by atoms with Crippen LogP contribution >= 0.6 is 0 Å². The Balaban J connectivity index is 2.04. The second-order valence-corrected chi connectivity index (χ2v) is 4.69. The number of rotatable bonds is 3. The summed E-state index contributed by atoms with van der Waals surface area (Å²) < 4.78 is 1.79. The van der Waals surface area contributed by atoms with Gasteiger partial charge in [-0.3, -0.25) is 4.79 Å². The van der Waals surface area contributed by atoms with E-state index in [4.69, 9.17) is 0 Å². The molecule has 2 aromatic carbocycles. The van der Waals surface area contributed by atoms with Crippen molar-refractivity contribution in [2.24, 2.45) is 0 Å². The highest BCUT2D eigenvalue weighted by Gasteiger charge is 2.10. The molecule has 0 unspecified atom stereocenters. The molecule has 0 bridgehead atoms. The summed E-state index contributed by atoms with van der Waals surface area (Å²) >= 11 is 0. The lowest BCUT2D eigenvalue weighted by Gasteiger charge is -2.07. The van der Waals surface area contributed by atoms with Crippen LogP contribution in [0.4, 0.5) is 0 Å². The van der Waals surface area contributed by atoms with Crippen molar-refractivity contribution in [2.45, 2.75) is 13.5 Å². The first-order valence-corrected chi connectivity index (χ1v) is 6.22. The third-order valence-electron chi connectivity index (χ3n) is 3.22. The van der Waals surface area contributed by atoms with Crippen molar-refractivity contribution in [2.75, 3.05) is 0 Å². The van der Waals surface area contributed by atoms with Crippen LogP contribution < -0.4 is 0 Å². The summed E-state index contributed by atoms with van der Waals surface area (Å²) in [4.78, 5) is 16.3. The molecule has 0 saturated heterocycles. The number of carbonyl (C=O) groups is 1. The van der Waals surface area contributed by atoms with Gasteiger partial charge in [0, 0.05) is 18.0 Å². The average molecular weight is 250 g/mol. The van der Waals surface area contributed by atoms with E-state index in [9.17, 15) is 4.79 Å². The summed E-state index contributed by atoms with van der Waals surface area (Å²) in [5, 5.41) is 2.12. The largest absolute Gasteiger partial charge is 0.330 e. The van der Waals surface area contributed by atoms with Gasteiger partial charge in [0.1, 0.15) is 0 Å². The van der Waals surface area contributed by atoms with Crippen LogP contribution in [0.2, 0.25) is 0 Å². The predicted octanol–water partition coefficient (Wildman–Crippen LogP) is 3.23. The second kappa shape index (κ2) is 4.69. The highest BCUT2D eigenvalue weighted by Crippen LogP contribution is 2.21. The second-order valence-electron chi connectivity index (χ2n) is 4.69. The monoisotopic (exact) mass is 250 g/mol. The molecule has 0 amide bonds. The zero-order chi connectivity index (χ0) is 13.2. The minimum atomic E-state index is 0.106. The highest BCUT2D eigenvalue weighted by atomic mass is 16.1. The van der Waals surface area contributed by atoms with E-state index in [2.05, 4.69) is 23.2 Å². The molecule has 0 saturated carbocycles. The number of hydrogen-bond acceptors (Lipinski definition) is 2. The summed E-state index contributed by atoms with van der Waals surface area (Å²) in [7, 11) is 0. The molecule has 19 heavy (non-hydrogen) atoms. The molecule has 0 fully saturated rings. The topological polar surface area (TPSA) is 34.9 Å². The van der Waals surface area contributed by atoms with Crippen molar-refractivity contribution in [3.05, 3.63) is 66.2 Å². The van der Waals surface area contributed by atoms with E-state index in [1.165, 1.54) is 0 Å². The van der Waals surface area contributed by atoms with E-state index in [0.29, 0.717) is 6.54 Å². The summed E-state index contributed by atoms with van der Waals surface area (Å²) in [5.74, 6) is 0.106. The fourth-order valence-electron chi connectivity index (χ4n) is 2.26. The molecule has 3 aromatic rings. The zero-order valence-corrected chi connectivity index (χ0v) is 10.7. The van der Waals surface area contributed by atoms with Crippen LogP contribution in [-0.2, 0) is 6.54 Å². The first-order chi connectivity index (χ1) is 9.24. The number of benzene rings is 2. The van der Waals surface area contributed by atoms with Crippen LogP contribution in [-0.4, -0.2) is 15.3 Å². The molecule has 0 atom stereocenters. The molecular weight excluding hydrogens is 236 g/mol. The van der Waals surface area contributed by atoms with Crippen molar-refractivity contribution in [3.63, 3.8) is 0 Å². The molecule has 0 aliphatic heterocycles. The Labute approximate surface area is 111 Å². The molecule has 0 spiro atoms. The Morgan fingerprint density at radius 2 is 2.16 bits per heavy atom. The van der Waals surface area contributed by atoms with Gasteiger partial charge in [-0.15, -0.1) is 0 Å². The van der Waals surface area contributed by atoms with Gasteiger partial charge in [0.05, 0.1) is 12.9 Å². The van der Waals surface area contributed by atoms with Gasteiger partial charge in [-0.1, -0.05) is 42.0 Å². The zero-order valence-electron chi connectivity index (χ0n) is 10.7. The van der Waals surface area contributed by atoms with Crippen molar-refractivity contribution in [1.29, 1.82) is 0 Å². The number of aromatic nitrogens is 2. The van der Waals surface area contributed by atoms with Gasteiger partial charge in [-0.25, -0.2) is 4.98 Å². The Bertz CT molecular complexity index is 730. The number of aryl methyl sites for hydroxylation is 1. The van der Waals surface area contributed by atoms with Crippen molar-refractivity contribution in [1.82, 2.24) is 9.55 Å². The maximum Gasteiger partial charge on any atom is 0.183 e. The molecule has 3 heteroatoms. The molecule has 0 aliphatic carbocycles. The van der Waals surface area contributed by atoms with Crippen molar-refractivity contribution >= 4 is 16.6 Å². The maximum atomic E-state index is 12.4. The Hall–Kier alpha value is -2.42. The third kappa shape index (κ3) is 2.27. The number of nitrogens with zero attached hydrogens (tertiary/aromatic N) is 2.